The summed E-state index contributed by atoms with van der Waals surface area (Å²) in [5.41, 5.74) is 3.77. The number of ether oxygens (including phenoxy) is 1. The molecule has 2 aromatic rings. The van der Waals surface area contributed by atoms with Gasteiger partial charge in [0, 0.05) is 11.5 Å². The maximum absolute atomic E-state index is 13.4. The number of aliphatic carboxylic acids is 1. The van der Waals surface area contributed by atoms with Gasteiger partial charge in [-0.05, 0) is 61.8 Å². The van der Waals surface area contributed by atoms with Crippen LogP contribution in [0.5, 0.6) is 0 Å². The van der Waals surface area contributed by atoms with E-state index in [-0.39, 0.29) is 12.5 Å². The van der Waals surface area contributed by atoms with Gasteiger partial charge in [0.2, 0.25) is 5.91 Å². The van der Waals surface area contributed by atoms with Crippen molar-refractivity contribution in [1.82, 2.24) is 10.2 Å². The van der Waals surface area contributed by atoms with Crippen molar-refractivity contribution >= 4 is 18.0 Å². The Balaban J connectivity index is 1.73. The molecule has 0 bridgehead atoms. The van der Waals surface area contributed by atoms with Crippen LogP contribution in [-0.4, -0.2) is 52.7 Å². The quantitative estimate of drug-likeness (QED) is 0.524. The van der Waals surface area contributed by atoms with Crippen LogP contribution < -0.4 is 5.32 Å². The number of hydrogen-bond acceptors (Lipinski definition) is 4. The molecule has 188 valence electrons. The molecule has 0 spiro atoms. The first-order valence-electron chi connectivity index (χ1n) is 12.1. The molecule has 0 aliphatic heterocycles. The Morgan fingerprint density at radius 2 is 1.51 bits per heavy atom. The number of hydrogen-bond donors (Lipinski definition) is 2. The molecule has 1 atom stereocenters. The van der Waals surface area contributed by atoms with E-state index >= 15 is 0 Å². The summed E-state index contributed by atoms with van der Waals surface area (Å²) in [6.07, 6.45) is 0.413. The predicted octanol–water partition coefficient (Wildman–Crippen LogP) is 5.04. The maximum atomic E-state index is 13.4. The van der Waals surface area contributed by atoms with Crippen molar-refractivity contribution in [3.05, 3.63) is 59.7 Å². The molecule has 35 heavy (non-hydrogen) atoms. The first-order valence-corrected chi connectivity index (χ1v) is 12.1. The number of rotatable bonds is 9. The SMILES string of the molecule is CC(C)CCC(NC(=O)OCC1c2ccccc2-c2ccccc21)C(=O)N(CC(=O)O)C(C)(C)C. The summed E-state index contributed by atoms with van der Waals surface area (Å²) in [5, 5.41) is 12.1. The highest BCUT2D eigenvalue weighted by molar-refractivity contribution is 5.88. The summed E-state index contributed by atoms with van der Waals surface area (Å²) in [6.45, 7) is 9.11. The van der Waals surface area contributed by atoms with Gasteiger partial charge in [-0.25, -0.2) is 4.79 Å². The molecule has 2 amide bonds. The van der Waals surface area contributed by atoms with E-state index in [1.54, 1.807) is 20.8 Å². The molecule has 0 saturated carbocycles. The predicted molar refractivity (Wildman–Crippen MR) is 135 cm³/mol. The number of carbonyl (C=O) groups is 3. The van der Waals surface area contributed by atoms with Crippen molar-refractivity contribution in [3.63, 3.8) is 0 Å². The molecule has 0 heterocycles. The number of alkyl carbamates (subject to hydrolysis) is 1. The molecule has 0 radical (unpaired) electrons. The zero-order valence-corrected chi connectivity index (χ0v) is 21.2. The van der Waals surface area contributed by atoms with Crippen LogP contribution in [0.2, 0.25) is 0 Å². The second-order valence-electron chi connectivity index (χ2n) is 10.5. The molecule has 0 aromatic heterocycles. The molecule has 1 aliphatic carbocycles. The van der Waals surface area contributed by atoms with Crippen LogP contribution in [0.15, 0.2) is 48.5 Å². The molecule has 0 fully saturated rings. The third-order valence-corrected chi connectivity index (χ3v) is 6.34. The monoisotopic (exact) mass is 480 g/mol. The molecule has 1 unspecified atom stereocenters. The van der Waals surface area contributed by atoms with Crippen LogP contribution in [0.3, 0.4) is 0 Å². The highest BCUT2D eigenvalue weighted by atomic mass is 16.5. The van der Waals surface area contributed by atoms with Crippen molar-refractivity contribution in [1.29, 1.82) is 0 Å². The van der Waals surface area contributed by atoms with Crippen molar-refractivity contribution in [2.45, 2.75) is 65.0 Å². The topological polar surface area (TPSA) is 95.9 Å². The van der Waals surface area contributed by atoms with E-state index in [0.29, 0.717) is 18.8 Å². The van der Waals surface area contributed by atoms with Crippen LogP contribution in [-0.2, 0) is 14.3 Å². The Morgan fingerprint density at radius 1 is 0.971 bits per heavy atom. The van der Waals surface area contributed by atoms with E-state index in [9.17, 15) is 19.5 Å². The zero-order valence-electron chi connectivity index (χ0n) is 21.2. The van der Waals surface area contributed by atoms with Crippen molar-refractivity contribution in [2.24, 2.45) is 5.92 Å². The van der Waals surface area contributed by atoms with Gasteiger partial charge in [-0.2, -0.15) is 0 Å². The highest BCUT2D eigenvalue weighted by Gasteiger charge is 2.35. The maximum Gasteiger partial charge on any atom is 0.407 e. The van der Waals surface area contributed by atoms with Gasteiger partial charge < -0.3 is 20.1 Å². The number of carboxylic acid groups (broad SMARTS) is 1. The van der Waals surface area contributed by atoms with E-state index < -0.39 is 36.1 Å². The molecular formula is C28H36N2O5. The van der Waals surface area contributed by atoms with E-state index in [1.165, 1.54) is 4.90 Å². The van der Waals surface area contributed by atoms with Gasteiger partial charge in [0.25, 0.3) is 0 Å². The minimum absolute atomic E-state index is 0.0870. The molecule has 0 saturated heterocycles. The first-order chi connectivity index (χ1) is 16.5. The Labute approximate surface area is 207 Å². The van der Waals surface area contributed by atoms with Crippen molar-refractivity contribution in [3.8, 4) is 11.1 Å². The lowest BCUT2D eigenvalue weighted by Crippen LogP contribution is -2.56. The summed E-state index contributed by atoms with van der Waals surface area (Å²) in [5.74, 6) is -1.29. The summed E-state index contributed by atoms with van der Waals surface area (Å²) >= 11 is 0. The van der Waals surface area contributed by atoms with E-state index in [2.05, 4.69) is 17.4 Å². The smallest absolute Gasteiger partial charge is 0.407 e. The number of nitrogens with zero attached hydrogens (tertiary/aromatic N) is 1. The fourth-order valence-electron chi connectivity index (χ4n) is 4.51. The van der Waals surface area contributed by atoms with Gasteiger partial charge in [-0.3, -0.25) is 9.59 Å². The Morgan fingerprint density at radius 3 is 2.00 bits per heavy atom. The van der Waals surface area contributed by atoms with Gasteiger partial charge in [0.1, 0.15) is 19.2 Å². The van der Waals surface area contributed by atoms with Gasteiger partial charge in [-0.15, -0.1) is 0 Å². The van der Waals surface area contributed by atoms with Gasteiger partial charge in [0.05, 0.1) is 0 Å². The third-order valence-electron chi connectivity index (χ3n) is 6.34. The van der Waals surface area contributed by atoms with Crippen LogP contribution in [0.1, 0.15) is 64.5 Å². The summed E-state index contributed by atoms with van der Waals surface area (Å²) < 4.78 is 5.64. The zero-order chi connectivity index (χ0) is 25.8. The van der Waals surface area contributed by atoms with E-state index in [4.69, 9.17) is 4.74 Å². The number of benzene rings is 2. The molecule has 7 heteroatoms. The number of amides is 2. The minimum atomic E-state index is -1.10. The lowest BCUT2D eigenvalue weighted by atomic mass is 9.98. The van der Waals surface area contributed by atoms with Gasteiger partial charge in [0.15, 0.2) is 0 Å². The van der Waals surface area contributed by atoms with E-state index in [0.717, 1.165) is 22.3 Å². The van der Waals surface area contributed by atoms with Crippen molar-refractivity contribution < 1.29 is 24.2 Å². The number of fused-ring (bicyclic) bond motifs is 3. The fraction of sp³-hybridized carbons (Fsp3) is 0.464. The normalized spacial score (nSPS) is 13.7. The Bertz CT molecular complexity index is 1030. The lowest BCUT2D eigenvalue weighted by molar-refractivity contribution is -0.149. The molecule has 2 N–H and O–H groups in total. The molecule has 1 aliphatic rings. The molecular weight excluding hydrogens is 444 g/mol. The van der Waals surface area contributed by atoms with E-state index in [1.807, 2.05) is 50.2 Å². The second-order valence-corrected chi connectivity index (χ2v) is 10.5. The van der Waals surface area contributed by atoms with Crippen LogP contribution >= 0.6 is 0 Å². The lowest BCUT2D eigenvalue weighted by Gasteiger charge is -2.37. The standard InChI is InChI=1S/C28H36N2O5/c1-18(2)14-15-24(26(33)30(16-25(31)32)28(3,4)5)29-27(34)35-17-23-21-12-8-6-10-19(21)20-11-7-9-13-22(20)23/h6-13,18,23-24H,14-17H2,1-5H3,(H,29,34)(H,31,32). The first kappa shape index (κ1) is 26.3. The van der Waals surface area contributed by atoms with Gasteiger partial charge in [-0.1, -0.05) is 62.4 Å². The number of nitrogens with one attached hydrogen (secondary N) is 1. The highest BCUT2D eigenvalue weighted by Crippen LogP contribution is 2.44. The largest absolute Gasteiger partial charge is 0.480 e. The number of carboxylic acids is 1. The average Bonchev–Trinajstić information content (AvgIpc) is 3.11. The fourth-order valence-corrected chi connectivity index (χ4v) is 4.51. The minimum Gasteiger partial charge on any atom is -0.480 e. The van der Waals surface area contributed by atoms with Gasteiger partial charge >= 0.3 is 12.1 Å². The molecule has 2 aromatic carbocycles. The molecule has 3 rings (SSSR count). The summed E-state index contributed by atoms with van der Waals surface area (Å²) in [6, 6.07) is 15.3. The Hall–Kier alpha value is -3.35. The Kier molecular flexibility index (Phi) is 8.20. The number of carbonyl (C=O) groups excluding carboxylic acids is 2. The van der Waals surface area contributed by atoms with Crippen molar-refractivity contribution in [2.75, 3.05) is 13.2 Å². The van der Waals surface area contributed by atoms with Crippen LogP contribution in [0.4, 0.5) is 4.79 Å². The third kappa shape index (κ3) is 6.41. The van der Waals surface area contributed by atoms with Crippen LogP contribution in [0, 0.1) is 5.92 Å². The summed E-state index contributed by atoms with van der Waals surface area (Å²) in [7, 11) is 0. The second kappa shape index (κ2) is 10.9. The van der Waals surface area contributed by atoms with Crippen LogP contribution in [0.25, 0.3) is 11.1 Å². The summed E-state index contributed by atoms with van der Waals surface area (Å²) in [4.78, 5) is 38.9. The molecule has 7 nitrogen and oxygen atoms in total. The average molecular weight is 481 g/mol.